The largest absolute Gasteiger partial charge is 0.368 e. The maximum absolute atomic E-state index is 12.5. The van der Waals surface area contributed by atoms with Gasteiger partial charge in [0.05, 0.1) is 4.88 Å². The van der Waals surface area contributed by atoms with Crippen molar-refractivity contribution in [3.63, 3.8) is 0 Å². The number of aromatic nitrogens is 3. The van der Waals surface area contributed by atoms with Crippen molar-refractivity contribution in [2.75, 3.05) is 18.1 Å². The monoisotopic (exact) mass is 390 g/mol. The lowest BCUT2D eigenvalue weighted by atomic mass is 10.3. The van der Waals surface area contributed by atoms with Gasteiger partial charge in [-0.05, 0) is 67.2 Å². The molecule has 4 N–H and O–H groups in total. The van der Waals surface area contributed by atoms with Gasteiger partial charge in [-0.1, -0.05) is 13.8 Å². The molecular weight excluding hydrogens is 368 g/mol. The summed E-state index contributed by atoms with van der Waals surface area (Å²) in [5.74, 6) is 0.0584. The molecule has 138 valence electrons. The summed E-state index contributed by atoms with van der Waals surface area (Å²) in [5, 5.41) is 9.08. The van der Waals surface area contributed by atoms with Gasteiger partial charge in [0.2, 0.25) is 11.9 Å². The van der Waals surface area contributed by atoms with Crippen LogP contribution in [0.1, 0.15) is 29.1 Å². The van der Waals surface area contributed by atoms with Crippen molar-refractivity contribution in [1.82, 2.24) is 19.5 Å². The molecule has 0 saturated carbocycles. The maximum Gasteiger partial charge on any atom is 0.291 e. The molecule has 0 saturated heterocycles. The Hall–Kier alpha value is -2.36. The van der Waals surface area contributed by atoms with Gasteiger partial charge < -0.3 is 11.1 Å². The number of nitrogens with one attached hydrogen (secondary N) is 2. The minimum atomic E-state index is -0.277. The van der Waals surface area contributed by atoms with Gasteiger partial charge in [0, 0.05) is 10.6 Å². The number of nitrogen functional groups attached to an aromatic ring is 1. The Labute approximate surface area is 161 Å². The lowest BCUT2D eigenvalue weighted by molar-refractivity contribution is 0.0951. The van der Waals surface area contributed by atoms with E-state index in [-0.39, 0.29) is 17.8 Å². The Morgan fingerprint density at radius 1 is 1.23 bits per heavy atom. The first kappa shape index (κ1) is 20.0. The number of thiophene rings is 1. The molecule has 9 heteroatoms. The second-order valence-corrected chi connectivity index (χ2v) is 6.90. The predicted molar refractivity (Wildman–Crippen MR) is 109 cm³/mol. The highest BCUT2D eigenvalue weighted by molar-refractivity contribution is 7.97. The molecule has 0 unspecified atom stereocenters. The van der Waals surface area contributed by atoms with Crippen LogP contribution in [-0.2, 0) is 0 Å². The van der Waals surface area contributed by atoms with Gasteiger partial charge in [-0.3, -0.25) is 9.52 Å². The number of hydrogen-bond acceptors (Lipinski definition) is 8. The number of aryl methyl sites for hydroxylation is 1. The first-order valence-electron chi connectivity index (χ1n) is 8.10. The molecule has 0 fully saturated rings. The van der Waals surface area contributed by atoms with Gasteiger partial charge in [0.25, 0.3) is 5.91 Å². The SMILES string of the molecule is CC.CNSc1ccc(Nc2nc(N)n(C(=O)c3sccc3C)n2)cc1. The van der Waals surface area contributed by atoms with E-state index in [2.05, 4.69) is 20.1 Å². The third kappa shape index (κ3) is 4.63. The molecule has 3 rings (SSSR count). The topological polar surface area (TPSA) is 97.9 Å². The predicted octanol–water partition coefficient (Wildman–Crippen LogP) is 3.92. The standard InChI is InChI=1S/C15H16N6OS2.C2H6/c1-9-7-8-23-12(9)13(22)21-14(16)19-15(20-21)18-10-3-5-11(6-4-10)24-17-2;1-2/h3-8,17H,1-2H3,(H3,16,18,19,20);1-2H3. The van der Waals surface area contributed by atoms with E-state index in [1.807, 2.05) is 63.5 Å². The van der Waals surface area contributed by atoms with Gasteiger partial charge in [0.1, 0.15) is 0 Å². The van der Waals surface area contributed by atoms with Crippen LogP contribution in [0.25, 0.3) is 0 Å². The molecule has 1 aromatic carbocycles. The van der Waals surface area contributed by atoms with Crippen LogP contribution in [0.3, 0.4) is 0 Å². The molecule has 0 amide bonds. The van der Waals surface area contributed by atoms with Crippen LogP contribution in [0.2, 0.25) is 0 Å². The second kappa shape index (κ2) is 9.37. The van der Waals surface area contributed by atoms with Crippen molar-refractivity contribution in [1.29, 1.82) is 0 Å². The molecule has 0 aliphatic heterocycles. The quantitative estimate of drug-likeness (QED) is 0.568. The van der Waals surface area contributed by atoms with Crippen molar-refractivity contribution >= 4 is 46.8 Å². The smallest absolute Gasteiger partial charge is 0.291 e. The van der Waals surface area contributed by atoms with E-state index in [0.29, 0.717) is 4.88 Å². The summed E-state index contributed by atoms with van der Waals surface area (Å²) in [6.07, 6.45) is 0. The van der Waals surface area contributed by atoms with Crippen LogP contribution >= 0.6 is 23.3 Å². The first-order chi connectivity index (χ1) is 12.6. The van der Waals surface area contributed by atoms with Crippen LogP contribution in [0.5, 0.6) is 0 Å². The average molecular weight is 391 g/mol. The number of nitrogens with two attached hydrogens (primary N) is 1. The Balaban J connectivity index is 0.00000117. The van der Waals surface area contributed by atoms with Crippen LogP contribution in [0, 0.1) is 6.92 Å². The number of carbonyl (C=O) groups is 1. The first-order valence-corrected chi connectivity index (χ1v) is 9.80. The minimum Gasteiger partial charge on any atom is -0.368 e. The molecule has 0 spiro atoms. The summed E-state index contributed by atoms with van der Waals surface area (Å²) >= 11 is 2.88. The fourth-order valence-corrected chi connectivity index (χ4v) is 3.43. The number of nitrogens with zero attached hydrogens (tertiary/aromatic N) is 3. The van der Waals surface area contributed by atoms with Gasteiger partial charge in [0.15, 0.2) is 0 Å². The van der Waals surface area contributed by atoms with Crippen molar-refractivity contribution < 1.29 is 4.79 Å². The van der Waals surface area contributed by atoms with Gasteiger partial charge >= 0.3 is 0 Å². The van der Waals surface area contributed by atoms with Gasteiger partial charge in [-0.15, -0.1) is 16.4 Å². The highest BCUT2D eigenvalue weighted by atomic mass is 32.2. The fraction of sp³-hybridized carbons (Fsp3) is 0.235. The van der Waals surface area contributed by atoms with Crippen LogP contribution in [-0.4, -0.2) is 27.7 Å². The van der Waals surface area contributed by atoms with Crippen molar-refractivity contribution in [3.05, 3.63) is 46.2 Å². The summed E-state index contributed by atoms with van der Waals surface area (Å²) in [5.41, 5.74) is 7.55. The summed E-state index contributed by atoms with van der Waals surface area (Å²) in [6.45, 7) is 5.88. The molecular formula is C17H22N6OS2. The van der Waals surface area contributed by atoms with E-state index < -0.39 is 0 Å². The Morgan fingerprint density at radius 3 is 2.50 bits per heavy atom. The summed E-state index contributed by atoms with van der Waals surface area (Å²) < 4.78 is 4.13. The molecule has 3 aromatic rings. The number of hydrogen-bond donors (Lipinski definition) is 3. The second-order valence-electron chi connectivity index (χ2n) is 4.90. The molecule has 0 radical (unpaired) electrons. The molecule has 2 aromatic heterocycles. The zero-order valence-corrected chi connectivity index (χ0v) is 16.7. The lowest BCUT2D eigenvalue weighted by Crippen LogP contribution is -2.16. The van der Waals surface area contributed by atoms with Crippen LogP contribution in [0.15, 0.2) is 40.6 Å². The van der Waals surface area contributed by atoms with E-state index in [0.717, 1.165) is 20.8 Å². The highest BCUT2D eigenvalue weighted by Crippen LogP contribution is 2.21. The number of rotatable bonds is 5. The molecule has 0 atom stereocenters. The van der Waals surface area contributed by atoms with Crippen molar-refractivity contribution in [2.24, 2.45) is 0 Å². The normalized spacial score (nSPS) is 10.2. The third-order valence-electron chi connectivity index (χ3n) is 3.21. The zero-order valence-electron chi connectivity index (χ0n) is 15.1. The molecule has 0 aliphatic carbocycles. The van der Waals surface area contributed by atoms with E-state index in [4.69, 9.17) is 5.73 Å². The van der Waals surface area contributed by atoms with E-state index >= 15 is 0 Å². The Morgan fingerprint density at radius 2 is 1.92 bits per heavy atom. The third-order valence-corrected chi connectivity index (χ3v) is 4.93. The number of carbonyl (C=O) groups excluding carboxylic acids is 1. The molecule has 2 heterocycles. The molecule has 0 bridgehead atoms. The summed E-state index contributed by atoms with van der Waals surface area (Å²) in [6, 6.07) is 9.62. The fourth-order valence-electron chi connectivity index (χ4n) is 2.07. The van der Waals surface area contributed by atoms with Crippen LogP contribution < -0.4 is 15.8 Å². The zero-order chi connectivity index (χ0) is 19.1. The Bertz CT molecular complexity index is 857. The molecule has 7 nitrogen and oxygen atoms in total. The summed E-state index contributed by atoms with van der Waals surface area (Å²) in [7, 11) is 1.86. The van der Waals surface area contributed by atoms with E-state index in [1.54, 1.807) is 0 Å². The van der Waals surface area contributed by atoms with E-state index in [1.165, 1.54) is 23.3 Å². The van der Waals surface area contributed by atoms with E-state index in [9.17, 15) is 4.79 Å². The van der Waals surface area contributed by atoms with Gasteiger partial charge in [-0.2, -0.15) is 9.67 Å². The molecule has 26 heavy (non-hydrogen) atoms. The molecule has 0 aliphatic rings. The van der Waals surface area contributed by atoms with Crippen molar-refractivity contribution in [3.8, 4) is 0 Å². The van der Waals surface area contributed by atoms with Crippen LogP contribution in [0.4, 0.5) is 17.6 Å². The number of anilines is 3. The maximum atomic E-state index is 12.5. The highest BCUT2D eigenvalue weighted by Gasteiger charge is 2.18. The van der Waals surface area contributed by atoms with Gasteiger partial charge in [-0.25, -0.2) is 0 Å². The Kier molecular flexibility index (Phi) is 7.19. The van der Waals surface area contributed by atoms with Crippen molar-refractivity contribution in [2.45, 2.75) is 25.7 Å². The minimum absolute atomic E-state index is 0.0534. The number of benzene rings is 1. The lowest BCUT2D eigenvalue weighted by Gasteiger charge is -2.03. The average Bonchev–Trinajstić information content (AvgIpc) is 3.23. The summed E-state index contributed by atoms with van der Waals surface area (Å²) in [4.78, 5) is 18.3.